The number of rotatable bonds is 2. The van der Waals surface area contributed by atoms with Gasteiger partial charge < -0.3 is 9.52 Å². The summed E-state index contributed by atoms with van der Waals surface area (Å²) >= 11 is 4.89. The van der Waals surface area contributed by atoms with Crippen LogP contribution in [0, 0.1) is 6.92 Å². The lowest BCUT2D eigenvalue weighted by atomic mass is 10.1. The molecule has 0 amide bonds. The van der Waals surface area contributed by atoms with Crippen LogP contribution in [-0.2, 0) is 0 Å². The molecule has 2 aromatic rings. The van der Waals surface area contributed by atoms with E-state index in [1.165, 1.54) is 17.6 Å². The number of hydrogen-bond donors (Lipinski definition) is 1. The fraction of sp³-hybridized carbons (Fsp3) is 0.222. The first-order valence-electron chi connectivity index (χ1n) is 4.00. The van der Waals surface area contributed by atoms with Gasteiger partial charge in [0.15, 0.2) is 5.89 Å². The van der Waals surface area contributed by atoms with E-state index in [9.17, 15) is 5.11 Å². The molecule has 0 spiro atoms. The lowest BCUT2D eigenvalue weighted by molar-refractivity contribution is 0.215. The van der Waals surface area contributed by atoms with Crippen LogP contribution in [0.4, 0.5) is 0 Å². The molecule has 2 aromatic heterocycles. The van der Waals surface area contributed by atoms with Crippen molar-refractivity contribution in [2.24, 2.45) is 0 Å². The highest BCUT2D eigenvalue weighted by Crippen LogP contribution is 2.30. The van der Waals surface area contributed by atoms with Gasteiger partial charge in [-0.3, -0.25) is 0 Å². The first-order valence-corrected chi connectivity index (χ1v) is 5.73. The third-order valence-electron chi connectivity index (χ3n) is 1.85. The predicted octanol–water partition coefficient (Wildman–Crippen LogP) is 2.89. The van der Waals surface area contributed by atoms with Crippen molar-refractivity contribution in [1.82, 2.24) is 4.98 Å². The molecule has 2 rings (SSSR count). The Morgan fingerprint density at radius 2 is 2.36 bits per heavy atom. The molecule has 5 heteroatoms. The van der Waals surface area contributed by atoms with Gasteiger partial charge in [0, 0.05) is 22.3 Å². The fourth-order valence-corrected chi connectivity index (χ4v) is 2.68. The van der Waals surface area contributed by atoms with Crippen LogP contribution >= 0.6 is 27.3 Å². The zero-order valence-corrected chi connectivity index (χ0v) is 9.80. The fourth-order valence-electron chi connectivity index (χ4n) is 1.15. The zero-order chi connectivity index (χ0) is 10.1. The Labute approximate surface area is 93.5 Å². The highest BCUT2D eigenvalue weighted by atomic mass is 79.9. The SMILES string of the molecule is Cc1nc(C(O)c2cscc2Br)co1. The molecule has 74 valence electrons. The maximum atomic E-state index is 9.93. The molecule has 0 fully saturated rings. The van der Waals surface area contributed by atoms with E-state index in [1.54, 1.807) is 6.92 Å². The summed E-state index contributed by atoms with van der Waals surface area (Å²) in [4.78, 5) is 4.07. The molecule has 0 aliphatic heterocycles. The van der Waals surface area contributed by atoms with Crippen LogP contribution in [-0.4, -0.2) is 10.1 Å². The van der Waals surface area contributed by atoms with Crippen LogP contribution in [0.15, 0.2) is 25.9 Å². The first-order chi connectivity index (χ1) is 6.68. The summed E-state index contributed by atoms with van der Waals surface area (Å²) in [6.45, 7) is 1.75. The average molecular weight is 274 g/mol. The summed E-state index contributed by atoms with van der Waals surface area (Å²) in [7, 11) is 0. The van der Waals surface area contributed by atoms with Crippen molar-refractivity contribution in [2.75, 3.05) is 0 Å². The first kappa shape index (κ1) is 9.89. The van der Waals surface area contributed by atoms with E-state index >= 15 is 0 Å². The molecule has 1 N–H and O–H groups in total. The number of aliphatic hydroxyl groups excluding tert-OH is 1. The number of hydrogen-bond acceptors (Lipinski definition) is 4. The van der Waals surface area contributed by atoms with Crippen molar-refractivity contribution in [3.8, 4) is 0 Å². The van der Waals surface area contributed by atoms with Crippen molar-refractivity contribution in [3.63, 3.8) is 0 Å². The summed E-state index contributed by atoms with van der Waals surface area (Å²) in [5, 5.41) is 13.7. The van der Waals surface area contributed by atoms with E-state index in [-0.39, 0.29) is 0 Å². The Morgan fingerprint density at radius 3 is 2.86 bits per heavy atom. The van der Waals surface area contributed by atoms with Crippen molar-refractivity contribution < 1.29 is 9.52 Å². The normalized spacial score (nSPS) is 13.1. The van der Waals surface area contributed by atoms with Gasteiger partial charge in [-0.2, -0.15) is 11.3 Å². The summed E-state index contributed by atoms with van der Waals surface area (Å²) in [6, 6.07) is 0. The van der Waals surface area contributed by atoms with Gasteiger partial charge in [0.1, 0.15) is 18.1 Å². The van der Waals surface area contributed by atoms with E-state index in [0.29, 0.717) is 11.6 Å². The van der Waals surface area contributed by atoms with Gasteiger partial charge in [-0.05, 0) is 21.3 Å². The monoisotopic (exact) mass is 273 g/mol. The van der Waals surface area contributed by atoms with Crippen molar-refractivity contribution >= 4 is 27.3 Å². The number of aromatic nitrogens is 1. The number of thiophene rings is 1. The highest BCUT2D eigenvalue weighted by molar-refractivity contribution is 9.10. The van der Waals surface area contributed by atoms with Crippen molar-refractivity contribution in [1.29, 1.82) is 0 Å². The molecule has 0 radical (unpaired) electrons. The van der Waals surface area contributed by atoms with E-state index in [4.69, 9.17) is 4.42 Å². The molecule has 0 aliphatic rings. The number of oxazole rings is 1. The Morgan fingerprint density at radius 1 is 1.57 bits per heavy atom. The minimum atomic E-state index is -0.715. The molecule has 1 unspecified atom stereocenters. The predicted molar refractivity (Wildman–Crippen MR) is 57.3 cm³/mol. The van der Waals surface area contributed by atoms with Crippen molar-refractivity contribution in [2.45, 2.75) is 13.0 Å². The standard InChI is InChI=1S/C9H8BrNO2S/c1-5-11-8(2-13-5)9(12)6-3-14-4-7(6)10/h2-4,9,12H,1H3. The Balaban J connectivity index is 2.33. The van der Waals surface area contributed by atoms with Crippen LogP contribution in [0.25, 0.3) is 0 Å². The molecule has 0 saturated heterocycles. The third-order valence-corrected chi connectivity index (χ3v) is 3.61. The third kappa shape index (κ3) is 1.75. The second-order valence-electron chi connectivity index (χ2n) is 2.87. The van der Waals surface area contributed by atoms with Crippen LogP contribution in [0.2, 0.25) is 0 Å². The molecule has 0 aromatic carbocycles. The molecule has 0 aliphatic carbocycles. The molecule has 2 heterocycles. The minimum absolute atomic E-state index is 0.543. The van der Waals surface area contributed by atoms with Gasteiger partial charge >= 0.3 is 0 Å². The maximum Gasteiger partial charge on any atom is 0.191 e. The van der Waals surface area contributed by atoms with E-state index in [0.717, 1.165) is 10.0 Å². The number of nitrogens with zero attached hydrogens (tertiary/aromatic N) is 1. The second kappa shape index (κ2) is 3.84. The van der Waals surface area contributed by atoms with E-state index in [2.05, 4.69) is 20.9 Å². The molecule has 1 atom stereocenters. The highest BCUT2D eigenvalue weighted by Gasteiger charge is 2.17. The number of aliphatic hydroxyl groups is 1. The average Bonchev–Trinajstić information content (AvgIpc) is 2.73. The lowest BCUT2D eigenvalue weighted by Gasteiger charge is -2.04. The molecule has 0 bridgehead atoms. The molecular weight excluding hydrogens is 266 g/mol. The molecule has 3 nitrogen and oxygen atoms in total. The Kier molecular flexibility index (Phi) is 2.71. The van der Waals surface area contributed by atoms with Crippen LogP contribution in [0.5, 0.6) is 0 Å². The van der Waals surface area contributed by atoms with Gasteiger partial charge in [0.2, 0.25) is 0 Å². The van der Waals surface area contributed by atoms with Crippen molar-refractivity contribution in [3.05, 3.63) is 38.6 Å². The largest absolute Gasteiger partial charge is 0.449 e. The zero-order valence-electron chi connectivity index (χ0n) is 7.40. The maximum absolute atomic E-state index is 9.93. The molecule has 0 saturated carbocycles. The van der Waals surface area contributed by atoms with Gasteiger partial charge in [0.05, 0.1) is 0 Å². The summed E-state index contributed by atoms with van der Waals surface area (Å²) in [5.41, 5.74) is 1.37. The summed E-state index contributed by atoms with van der Waals surface area (Å²) in [5.74, 6) is 0.561. The van der Waals surface area contributed by atoms with Crippen LogP contribution in [0.3, 0.4) is 0 Å². The Bertz CT molecular complexity index is 437. The van der Waals surface area contributed by atoms with Gasteiger partial charge in [-0.25, -0.2) is 4.98 Å². The minimum Gasteiger partial charge on any atom is -0.449 e. The Hall–Kier alpha value is -0.650. The smallest absolute Gasteiger partial charge is 0.191 e. The topological polar surface area (TPSA) is 46.3 Å². The van der Waals surface area contributed by atoms with Crippen LogP contribution < -0.4 is 0 Å². The number of halogens is 1. The van der Waals surface area contributed by atoms with Gasteiger partial charge in [-0.15, -0.1) is 0 Å². The van der Waals surface area contributed by atoms with E-state index < -0.39 is 6.10 Å². The van der Waals surface area contributed by atoms with Crippen LogP contribution in [0.1, 0.15) is 23.3 Å². The summed E-state index contributed by atoms with van der Waals surface area (Å²) in [6.07, 6.45) is 0.762. The number of aryl methyl sites for hydroxylation is 1. The van der Waals surface area contributed by atoms with Gasteiger partial charge in [0.25, 0.3) is 0 Å². The van der Waals surface area contributed by atoms with Gasteiger partial charge in [-0.1, -0.05) is 0 Å². The summed E-state index contributed by atoms with van der Waals surface area (Å²) < 4.78 is 5.94. The second-order valence-corrected chi connectivity index (χ2v) is 4.47. The lowest BCUT2D eigenvalue weighted by Crippen LogP contribution is -1.99. The van der Waals surface area contributed by atoms with E-state index in [1.807, 2.05) is 10.8 Å². The molecule has 14 heavy (non-hydrogen) atoms. The molecular formula is C9H8BrNO2S. The quantitative estimate of drug-likeness (QED) is 0.915.